The second-order valence-electron chi connectivity index (χ2n) is 4.25. The summed E-state index contributed by atoms with van der Waals surface area (Å²) in [7, 11) is 0. The number of hydrogen-bond donors (Lipinski definition) is 1. The number of halogens is 1. The molecule has 0 saturated carbocycles. The van der Waals surface area contributed by atoms with Gasteiger partial charge in [-0.25, -0.2) is 4.98 Å². The maximum atomic E-state index is 11.9. The number of rotatable bonds is 4. The quantitative estimate of drug-likeness (QED) is 0.760. The topological polar surface area (TPSA) is 51.2 Å². The van der Waals surface area contributed by atoms with Crippen LogP contribution in [0.4, 0.5) is 5.13 Å². The highest BCUT2D eigenvalue weighted by Crippen LogP contribution is 2.26. The Bertz CT molecular complexity index is 755. The second-order valence-corrected chi connectivity index (χ2v) is 6.14. The summed E-state index contributed by atoms with van der Waals surface area (Å²) in [5.41, 5.74) is 0.879. The van der Waals surface area contributed by atoms with Gasteiger partial charge in [0.05, 0.1) is 14.7 Å². The molecular formula is C15H11BrN2O2S. The lowest BCUT2D eigenvalue weighted by molar-refractivity contribution is -0.118. The largest absolute Gasteiger partial charge is 0.483 e. The van der Waals surface area contributed by atoms with Crippen LogP contribution in [0.25, 0.3) is 10.2 Å². The van der Waals surface area contributed by atoms with Gasteiger partial charge in [0.15, 0.2) is 11.7 Å². The molecule has 0 bridgehead atoms. The van der Waals surface area contributed by atoms with E-state index in [0.29, 0.717) is 10.9 Å². The zero-order valence-corrected chi connectivity index (χ0v) is 13.3. The van der Waals surface area contributed by atoms with E-state index in [-0.39, 0.29) is 12.5 Å². The van der Waals surface area contributed by atoms with E-state index in [1.807, 2.05) is 42.5 Å². The van der Waals surface area contributed by atoms with Gasteiger partial charge in [-0.1, -0.05) is 35.6 Å². The first-order valence-electron chi connectivity index (χ1n) is 6.25. The molecule has 0 aliphatic carbocycles. The summed E-state index contributed by atoms with van der Waals surface area (Å²) < 4.78 is 7.32. The fourth-order valence-corrected chi connectivity index (χ4v) is 3.07. The zero-order chi connectivity index (χ0) is 14.7. The van der Waals surface area contributed by atoms with E-state index in [9.17, 15) is 4.79 Å². The summed E-state index contributed by atoms with van der Waals surface area (Å²) in [4.78, 5) is 16.2. The van der Waals surface area contributed by atoms with Crippen molar-refractivity contribution < 1.29 is 9.53 Å². The molecule has 1 N–H and O–H groups in total. The SMILES string of the molecule is O=C(COc1ccccc1Br)Nc1nc2ccccc2s1. The third-order valence-corrected chi connectivity index (χ3v) is 4.34. The molecule has 0 aliphatic rings. The number of thiazole rings is 1. The Morgan fingerprint density at radius 2 is 1.95 bits per heavy atom. The molecular weight excluding hydrogens is 352 g/mol. The molecule has 0 spiro atoms. The van der Waals surface area contributed by atoms with Gasteiger partial charge in [0.1, 0.15) is 5.75 Å². The third-order valence-electron chi connectivity index (χ3n) is 2.74. The number of aromatic nitrogens is 1. The van der Waals surface area contributed by atoms with Crippen LogP contribution >= 0.6 is 27.3 Å². The molecule has 21 heavy (non-hydrogen) atoms. The number of nitrogens with zero attached hydrogens (tertiary/aromatic N) is 1. The predicted octanol–water partition coefficient (Wildman–Crippen LogP) is 4.08. The van der Waals surface area contributed by atoms with Crippen molar-refractivity contribution in [2.24, 2.45) is 0 Å². The summed E-state index contributed by atoms with van der Waals surface area (Å²) in [6, 6.07) is 15.2. The molecule has 0 aliphatic heterocycles. The molecule has 4 nitrogen and oxygen atoms in total. The van der Waals surface area contributed by atoms with Gasteiger partial charge in [0.2, 0.25) is 0 Å². The number of nitrogens with one attached hydrogen (secondary N) is 1. The Labute approximate surface area is 133 Å². The summed E-state index contributed by atoms with van der Waals surface area (Å²) in [6.07, 6.45) is 0. The predicted molar refractivity (Wildman–Crippen MR) is 87.9 cm³/mol. The van der Waals surface area contributed by atoms with Gasteiger partial charge in [0, 0.05) is 0 Å². The Kier molecular flexibility index (Phi) is 4.17. The first-order valence-corrected chi connectivity index (χ1v) is 7.86. The molecule has 0 fully saturated rings. The Balaban J connectivity index is 1.62. The molecule has 3 aromatic rings. The minimum absolute atomic E-state index is 0.0570. The normalized spacial score (nSPS) is 10.5. The number of hydrogen-bond acceptors (Lipinski definition) is 4. The monoisotopic (exact) mass is 362 g/mol. The Hall–Kier alpha value is -1.92. The number of amides is 1. The maximum absolute atomic E-state index is 11.9. The molecule has 3 rings (SSSR count). The summed E-state index contributed by atoms with van der Waals surface area (Å²) in [6.45, 7) is -0.0570. The van der Waals surface area contributed by atoms with E-state index in [1.54, 1.807) is 6.07 Å². The molecule has 6 heteroatoms. The number of anilines is 1. The van der Waals surface area contributed by atoms with Crippen LogP contribution in [-0.4, -0.2) is 17.5 Å². The van der Waals surface area contributed by atoms with Crippen LogP contribution in [-0.2, 0) is 4.79 Å². The molecule has 106 valence electrons. The van der Waals surface area contributed by atoms with Crippen molar-refractivity contribution >= 4 is 48.5 Å². The van der Waals surface area contributed by atoms with Crippen LogP contribution in [0, 0.1) is 0 Å². The van der Waals surface area contributed by atoms with Crippen molar-refractivity contribution in [3.63, 3.8) is 0 Å². The molecule has 1 amide bonds. The number of benzene rings is 2. The Morgan fingerprint density at radius 3 is 2.76 bits per heavy atom. The highest BCUT2D eigenvalue weighted by molar-refractivity contribution is 9.10. The van der Waals surface area contributed by atoms with E-state index < -0.39 is 0 Å². The number of carbonyl (C=O) groups is 1. The van der Waals surface area contributed by atoms with Crippen molar-refractivity contribution in [1.29, 1.82) is 0 Å². The molecule has 0 radical (unpaired) electrons. The number of carbonyl (C=O) groups excluding carboxylic acids is 1. The van der Waals surface area contributed by atoms with Gasteiger partial charge in [-0.2, -0.15) is 0 Å². The lowest BCUT2D eigenvalue weighted by Gasteiger charge is -2.07. The number of fused-ring (bicyclic) bond motifs is 1. The molecule has 0 unspecified atom stereocenters. The van der Waals surface area contributed by atoms with Gasteiger partial charge >= 0.3 is 0 Å². The second kappa shape index (κ2) is 6.24. The van der Waals surface area contributed by atoms with Crippen LogP contribution in [0.3, 0.4) is 0 Å². The van der Waals surface area contributed by atoms with Crippen molar-refractivity contribution in [3.05, 3.63) is 53.0 Å². The fourth-order valence-electron chi connectivity index (χ4n) is 1.79. The first-order chi connectivity index (χ1) is 10.2. The van der Waals surface area contributed by atoms with Crippen molar-refractivity contribution in [2.75, 3.05) is 11.9 Å². The smallest absolute Gasteiger partial charge is 0.264 e. The lowest BCUT2D eigenvalue weighted by Crippen LogP contribution is -2.20. The minimum Gasteiger partial charge on any atom is -0.483 e. The van der Waals surface area contributed by atoms with Crippen LogP contribution in [0.15, 0.2) is 53.0 Å². The van der Waals surface area contributed by atoms with Gasteiger partial charge in [-0.05, 0) is 40.2 Å². The number of ether oxygens (including phenoxy) is 1. The summed E-state index contributed by atoms with van der Waals surface area (Å²) in [5.74, 6) is 0.404. The van der Waals surface area contributed by atoms with Gasteiger partial charge in [0.25, 0.3) is 5.91 Å². The van der Waals surface area contributed by atoms with Crippen molar-refractivity contribution in [1.82, 2.24) is 4.98 Å². The molecule has 0 saturated heterocycles. The van der Waals surface area contributed by atoms with E-state index in [4.69, 9.17) is 4.74 Å². The molecule has 0 atom stereocenters. The van der Waals surface area contributed by atoms with Crippen molar-refractivity contribution in [3.8, 4) is 5.75 Å². The summed E-state index contributed by atoms with van der Waals surface area (Å²) in [5, 5.41) is 3.33. The van der Waals surface area contributed by atoms with E-state index in [2.05, 4.69) is 26.2 Å². The van der Waals surface area contributed by atoms with Crippen LogP contribution in [0.1, 0.15) is 0 Å². The molecule has 1 aromatic heterocycles. The minimum atomic E-state index is -0.232. The average molecular weight is 363 g/mol. The van der Waals surface area contributed by atoms with Gasteiger partial charge in [-0.3, -0.25) is 10.1 Å². The highest BCUT2D eigenvalue weighted by atomic mass is 79.9. The van der Waals surface area contributed by atoms with Crippen molar-refractivity contribution in [2.45, 2.75) is 0 Å². The molecule has 2 aromatic carbocycles. The first kappa shape index (κ1) is 14.0. The highest BCUT2D eigenvalue weighted by Gasteiger charge is 2.09. The van der Waals surface area contributed by atoms with Crippen LogP contribution < -0.4 is 10.1 Å². The lowest BCUT2D eigenvalue weighted by atomic mass is 10.3. The number of para-hydroxylation sites is 2. The van der Waals surface area contributed by atoms with E-state index >= 15 is 0 Å². The zero-order valence-electron chi connectivity index (χ0n) is 10.9. The average Bonchev–Trinajstić information content (AvgIpc) is 2.88. The van der Waals surface area contributed by atoms with Crippen LogP contribution in [0.2, 0.25) is 0 Å². The van der Waals surface area contributed by atoms with E-state index in [1.165, 1.54) is 11.3 Å². The van der Waals surface area contributed by atoms with Gasteiger partial charge < -0.3 is 4.74 Å². The van der Waals surface area contributed by atoms with Gasteiger partial charge in [-0.15, -0.1) is 0 Å². The fraction of sp³-hybridized carbons (Fsp3) is 0.0667. The third kappa shape index (κ3) is 3.40. The van der Waals surface area contributed by atoms with Crippen LogP contribution in [0.5, 0.6) is 5.75 Å². The summed E-state index contributed by atoms with van der Waals surface area (Å²) >= 11 is 4.81. The molecule has 1 heterocycles. The Morgan fingerprint density at radius 1 is 1.19 bits per heavy atom. The maximum Gasteiger partial charge on any atom is 0.264 e. The standard InChI is InChI=1S/C15H11BrN2O2S/c16-10-5-1-3-7-12(10)20-9-14(19)18-15-17-11-6-2-4-8-13(11)21-15/h1-8H,9H2,(H,17,18,19). The van der Waals surface area contributed by atoms with E-state index in [0.717, 1.165) is 14.7 Å².